The van der Waals surface area contributed by atoms with Gasteiger partial charge >= 0.3 is 0 Å². The van der Waals surface area contributed by atoms with Gasteiger partial charge in [-0.3, -0.25) is 9.59 Å². The molecule has 3 saturated heterocycles. The van der Waals surface area contributed by atoms with Crippen LogP contribution in [0.5, 0.6) is 0 Å². The zero-order valence-electron chi connectivity index (χ0n) is 17.5. The van der Waals surface area contributed by atoms with Gasteiger partial charge in [-0.15, -0.1) is 0 Å². The number of hydrogen-bond donors (Lipinski definition) is 0. The standard InChI is InChI=1S/C21H38N4O2/c1-4-22-13-15-25(16-14-22)21(27)18-5-9-23(10-6-18)19-7-11-24(12-8-19)20(26)17(2)3/h17-19H,4-16H2,1-3H3. The molecule has 0 aliphatic carbocycles. The number of rotatable bonds is 4. The molecule has 3 rings (SSSR count). The van der Waals surface area contributed by atoms with Gasteiger partial charge in [0, 0.05) is 57.1 Å². The molecule has 6 heteroatoms. The molecule has 0 atom stereocenters. The van der Waals surface area contributed by atoms with E-state index in [4.69, 9.17) is 0 Å². The van der Waals surface area contributed by atoms with Gasteiger partial charge in [0.1, 0.15) is 0 Å². The molecule has 0 aromatic heterocycles. The summed E-state index contributed by atoms with van der Waals surface area (Å²) >= 11 is 0. The summed E-state index contributed by atoms with van der Waals surface area (Å²) in [7, 11) is 0. The molecule has 3 aliphatic rings. The Labute approximate surface area is 164 Å². The predicted octanol–water partition coefficient (Wildman–Crippen LogP) is 1.51. The minimum absolute atomic E-state index is 0.0995. The Bertz CT molecular complexity index is 500. The van der Waals surface area contributed by atoms with E-state index in [1.54, 1.807) is 0 Å². The summed E-state index contributed by atoms with van der Waals surface area (Å²) in [6.07, 6.45) is 4.15. The summed E-state index contributed by atoms with van der Waals surface area (Å²) in [4.78, 5) is 34.1. The average molecular weight is 379 g/mol. The fourth-order valence-electron chi connectivity index (χ4n) is 4.87. The van der Waals surface area contributed by atoms with Crippen LogP contribution >= 0.6 is 0 Å². The molecule has 0 aromatic carbocycles. The van der Waals surface area contributed by atoms with Crippen molar-refractivity contribution in [1.29, 1.82) is 0 Å². The Hall–Kier alpha value is -1.14. The van der Waals surface area contributed by atoms with E-state index < -0.39 is 0 Å². The lowest BCUT2D eigenvalue weighted by atomic mass is 9.92. The van der Waals surface area contributed by atoms with Crippen molar-refractivity contribution < 1.29 is 9.59 Å². The van der Waals surface area contributed by atoms with Crippen LogP contribution < -0.4 is 0 Å². The maximum absolute atomic E-state index is 12.9. The number of amides is 2. The zero-order chi connectivity index (χ0) is 19.4. The second-order valence-electron chi connectivity index (χ2n) is 8.78. The molecule has 6 nitrogen and oxygen atoms in total. The maximum atomic E-state index is 12.9. The van der Waals surface area contributed by atoms with Gasteiger partial charge in [-0.05, 0) is 45.3 Å². The van der Waals surface area contributed by atoms with Gasteiger partial charge < -0.3 is 19.6 Å². The van der Waals surface area contributed by atoms with E-state index in [0.717, 1.165) is 84.6 Å². The van der Waals surface area contributed by atoms with Crippen LogP contribution in [0.1, 0.15) is 46.5 Å². The summed E-state index contributed by atoms with van der Waals surface area (Å²) < 4.78 is 0. The van der Waals surface area contributed by atoms with Crippen molar-refractivity contribution in [2.24, 2.45) is 11.8 Å². The monoisotopic (exact) mass is 378 g/mol. The van der Waals surface area contributed by atoms with Gasteiger partial charge in [0.25, 0.3) is 0 Å². The molecule has 27 heavy (non-hydrogen) atoms. The molecule has 3 fully saturated rings. The fraction of sp³-hybridized carbons (Fsp3) is 0.905. The van der Waals surface area contributed by atoms with Crippen LogP contribution in [0.25, 0.3) is 0 Å². The predicted molar refractivity (Wildman–Crippen MR) is 107 cm³/mol. The second kappa shape index (κ2) is 9.37. The van der Waals surface area contributed by atoms with E-state index in [2.05, 4.69) is 21.6 Å². The van der Waals surface area contributed by atoms with Gasteiger partial charge in [0.2, 0.25) is 11.8 Å². The number of carbonyl (C=O) groups excluding carboxylic acids is 2. The lowest BCUT2D eigenvalue weighted by Crippen LogP contribution is -2.53. The largest absolute Gasteiger partial charge is 0.342 e. The Morgan fingerprint density at radius 1 is 0.815 bits per heavy atom. The lowest BCUT2D eigenvalue weighted by Gasteiger charge is -2.43. The second-order valence-corrected chi connectivity index (χ2v) is 8.78. The number of carbonyl (C=O) groups is 2. The molecule has 0 aromatic rings. The molecule has 3 heterocycles. The molecule has 0 N–H and O–H groups in total. The summed E-state index contributed by atoms with van der Waals surface area (Å²) in [5.74, 6) is 1.00. The highest BCUT2D eigenvalue weighted by atomic mass is 16.2. The van der Waals surface area contributed by atoms with Crippen molar-refractivity contribution in [2.75, 3.05) is 58.9 Å². The maximum Gasteiger partial charge on any atom is 0.225 e. The number of piperazine rings is 1. The third kappa shape index (κ3) is 5.02. The summed E-state index contributed by atoms with van der Waals surface area (Å²) in [5, 5.41) is 0. The van der Waals surface area contributed by atoms with Crippen LogP contribution in [0.4, 0.5) is 0 Å². The summed E-state index contributed by atoms with van der Waals surface area (Å²) in [5.41, 5.74) is 0. The van der Waals surface area contributed by atoms with Crippen molar-refractivity contribution >= 4 is 11.8 Å². The van der Waals surface area contributed by atoms with Crippen molar-refractivity contribution in [3.63, 3.8) is 0 Å². The first-order chi connectivity index (χ1) is 13.0. The SMILES string of the molecule is CCN1CCN(C(=O)C2CCN(C3CCN(C(=O)C(C)C)CC3)CC2)CC1. The minimum Gasteiger partial charge on any atom is -0.342 e. The molecule has 154 valence electrons. The Morgan fingerprint density at radius 2 is 1.41 bits per heavy atom. The molecule has 2 amide bonds. The van der Waals surface area contributed by atoms with E-state index in [0.29, 0.717) is 17.9 Å². The van der Waals surface area contributed by atoms with E-state index >= 15 is 0 Å². The van der Waals surface area contributed by atoms with E-state index in [9.17, 15) is 9.59 Å². The van der Waals surface area contributed by atoms with E-state index in [1.807, 2.05) is 18.7 Å². The number of likely N-dealkylation sites (tertiary alicyclic amines) is 2. The molecule has 0 bridgehead atoms. The number of nitrogens with zero attached hydrogens (tertiary/aromatic N) is 4. The molecule has 0 unspecified atom stereocenters. The first-order valence-corrected chi connectivity index (χ1v) is 11.0. The topological polar surface area (TPSA) is 47.1 Å². The van der Waals surface area contributed by atoms with Crippen molar-refractivity contribution in [3.05, 3.63) is 0 Å². The Morgan fingerprint density at radius 3 is 1.93 bits per heavy atom. The number of likely N-dealkylation sites (N-methyl/N-ethyl adjacent to an activating group) is 1. The van der Waals surface area contributed by atoms with Gasteiger partial charge in [-0.1, -0.05) is 20.8 Å². The highest BCUT2D eigenvalue weighted by Crippen LogP contribution is 2.26. The molecule has 3 aliphatic heterocycles. The number of hydrogen-bond acceptors (Lipinski definition) is 4. The van der Waals surface area contributed by atoms with Gasteiger partial charge in [-0.2, -0.15) is 0 Å². The normalized spacial score (nSPS) is 24.6. The van der Waals surface area contributed by atoms with Crippen LogP contribution in [-0.4, -0.2) is 96.4 Å². The highest BCUT2D eigenvalue weighted by Gasteiger charge is 2.34. The molecule has 0 saturated carbocycles. The Balaban J connectivity index is 1.40. The third-order valence-electron chi connectivity index (χ3n) is 6.80. The lowest BCUT2D eigenvalue weighted by molar-refractivity contribution is -0.140. The molecular weight excluding hydrogens is 340 g/mol. The van der Waals surface area contributed by atoms with Crippen molar-refractivity contribution in [3.8, 4) is 0 Å². The summed E-state index contributed by atoms with van der Waals surface area (Å²) in [6.45, 7) is 14.9. The van der Waals surface area contributed by atoms with Crippen LogP contribution in [-0.2, 0) is 9.59 Å². The molecule has 0 radical (unpaired) electrons. The first-order valence-electron chi connectivity index (χ1n) is 11.0. The van der Waals surface area contributed by atoms with E-state index in [-0.39, 0.29) is 11.8 Å². The van der Waals surface area contributed by atoms with Crippen molar-refractivity contribution in [2.45, 2.75) is 52.5 Å². The first kappa shape index (κ1) is 20.6. The van der Waals surface area contributed by atoms with Gasteiger partial charge in [0.05, 0.1) is 0 Å². The molecular formula is C21H38N4O2. The van der Waals surface area contributed by atoms with Crippen LogP contribution in [0.2, 0.25) is 0 Å². The minimum atomic E-state index is 0.0995. The van der Waals surface area contributed by atoms with Crippen LogP contribution in [0.15, 0.2) is 0 Å². The highest BCUT2D eigenvalue weighted by molar-refractivity contribution is 5.79. The molecule has 0 spiro atoms. The van der Waals surface area contributed by atoms with Crippen LogP contribution in [0, 0.1) is 11.8 Å². The number of piperidine rings is 2. The average Bonchev–Trinajstić information content (AvgIpc) is 2.73. The summed E-state index contributed by atoms with van der Waals surface area (Å²) in [6, 6.07) is 0.588. The Kier molecular flexibility index (Phi) is 7.15. The van der Waals surface area contributed by atoms with Gasteiger partial charge in [-0.25, -0.2) is 0 Å². The fourth-order valence-corrected chi connectivity index (χ4v) is 4.87. The quantitative estimate of drug-likeness (QED) is 0.744. The van der Waals surface area contributed by atoms with Crippen molar-refractivity contribution in [1.82, 2.24) is 19.6 Å². The van der Waals surface area contributed by atoms with E-state index in [1.165, 1.54) is 0 Å². The smallest absolute Gasteiger partial charge is 0.225 e. The van der Waals surface area contributed by atoms with Crippen LogP contribution in [0.3, 0.4) is 0 Å². The van der Waals surface area contributed by atoms with Gasteiger partial charge in [0.15, 0.2) is 0 Å². The third-order valence-corrected chi connectivity index (χ3v) is 6.80. The zero-order valence-corrected chi connectivity index (χ0v) is 17.5.